The highest BCUT2D eigenvalue weighted by molar-refractivity contribution is 5.89. The van der Waals surface area contributed by atoms with Crippen molar-refractivity contribution in [1.82, 2.24) is 5.32 Å². The highest BCUT2D eigenvalue weighted by atomic mass is 16.5. The number of hydrogen-bond acceptors (Lipinski definition) is 3. The average Bonchev–Trinajstić information content (AvgIpc) is 3.02. The average molecular weight is 325 g/mol. The number of benzene rings is 2. The minimum Gasteiger partial charge on any atom is -0.497 e. The summed E-state index contributed by atoms with van der Waals surface area (Å²) in [6, 6.07) is 15.7. The Morgan fingerprint density at radius 2 is 2.08 bits per heavy atom. The lowest BCUT2D eigenvalue weighted by atomic mass is 10.2. The van der Waals surface area contributed by atoms with Crippen LogP contribution in [0.15, 0.2) is 48.5 Å². The van der Waals surface area contributed by atoms with Crippen molar-refractivity contribution < 1.29 is 9.53 Å². The van der Waals surface area contributed by atoms with Gasteiger partial charge in [0.1, 0.15) is 5.75 Å². The molecule has 5 nitrogen and oxygen atoms in total. The molecule has 1 aliphatic heterocycles. The summed E-state index contributed by atoms with van der Waals surface area (Å²) in [5, 5.41) is 5.72. The second-order valence-electron chi connectivity index (χ2n) is 5.83. The van der Waals surface area contributed by atoms with Crippen molar-refractivity contribution in [2.45, 2.75) is 12.8 Å². The first-order valence-electron chi connectivity index (χ1n) is 8.28. The molecule has 5 heteroatoms. The first-order valence-corrected chi connectivity index (χ1v) is 8.28. The minimum absolute atomic E-state index is 0.190. The van der Waals surface area contributed by atoms with E-state index in [2.05, 4.69) is 39.8 Å². The summed E-state index contributed by atoms with van der Waals surface area (Å²) in [5.41, 5.74) is 3.47. The second kappa shape index (κ2) is 7.73. The van der Waals surface area contributed by atoms with Gasteiger partial charge in [-0.2, -0.15) is 0 Å². The molecule has 0 atom stereocenters. The Hall–Kier alpha value is -2.69. The molecule has 0 radical (unpaired) electrons. The maximum Gasteiger partial charge on any atom is 0.319 e. The molecule has 0 saturated carbocycles. The van der Waals surface area contributed by atoms with Gasteiger partial charge < -0.3 is 20.3 Å². The van der Waals surface area contributed by atoms with E-state index in [9.17, 15) is 4.79 Å². The molecule has 126 valence electrons. The van der Waals surface area contributed by atoms with Gasteiger partial charge in [-0.15, -0.1) is 0 Å². The Morgan fingerprint density at radius 3 is 2.96 bits per heavy atom. The highest BCUT2D eigenvalue weighted by Gasteiger charge is 2.17. The van der Waals surface area contributed by atoms with E-state index in [1.54, 1.807) is 13.2 Å². The molecule has 2 aromatic rings. The van der Waals surface area contributed by atoms with E-state index in [4.69, 9.17) is 4.74 Å². The zero-order valence-electron chi connectivity index (χ0n) is 13.9. The Balaban J connectivity index is 1.40. The lowest BCUT2D eigenvalue weighted by Gasteiger charge is -2.19. The van der Waals surface area contributed by atoms with Crippen LogP contribution in [-0.2, 0) is 6.42 Å². The minimum atomic E-state index is -0.190. The van der Waals surface area contributed by atoms with Crippen LogP contribution >= 0.6 is 0 Å². The number of methoxy groups -OCH3 is 1. The third-order valence-electron chi connectivity index (χ3n) is 4.20. The van der Waals surface area contributed by atoms with Gasteiger partial charge in [0, 0.05) is 37.1 Å². The van der Waals surface area contributed by atoms with E-state index in [0.717, 1.165) is 37.4 Å². The number of fused-ring (bicyclic) bond motifs is 1. The van der Waals surface area contributed by atoms with Crippen LogP contribution in [0, 0.1) is 0 Å². The normalized spacial score (nSPS) is 12.6. The summed E-state index contributed by atoms with van der Waals surface area (Å²) < 4.78 is 5.14. The van der Waals surface area contributed by atoms with Crippen LogP contribution < -0.4 is 20.3 Å². The van der Waals surface area contributed by atoms with Crippen LogP contribution in [0.5, 0.6) is 5.75 Å². The molecule has 0 fully saturated rings. The highest BCUT2D eigenvalue weighted by Crippen LogP contribution is 2.27. The van der Waals surface area contributed by atoms with Crippen molar-refractivity contribution in [1.29, 1.82) is 0 Å². The summed E-state index contributed by atoms with van der Waals surface area (Å²) in [7, 11) is 1.61. The first-order chi connectivity index (χ1) is 11.8. The molecule has 0 aromatic heterocycles. The largest absolute Gasteiger partial charge is 0.497 e. The van der Waals surface area contributed by atoms with Gasteiger partial charge in [-0.05, 0) is 36.6 Å². The number of carbonyl (C=O) groups excluding carboxylic acids is 1. The van der Waals surface area contributed by atoms with Gasteiger partial charge >= 0.3 is 6.03 Å². The van der Waals surface area contributed by atoms with Gasteiger partial charge in [0.15, 0.2) is 0 Å². The molecule has 1 aliphatic rings. The topological polar surface area (TPSA) is 53.6 Å². The van der Waals surface area contributed by atoms with Gasteiger partial charge in [0.25, 0.3) is 0 Å². The van der Waals surface area contributed by atoms with E-state index < -0.39 is 0 Å². The van der Waals surface area contributed by atoms with Gasteiger partial charge in [-0.25, -0.2) is 4.79 Å². The smallest absolute Gasteiger partial charge is 0.319 e. The summed E-state index contributed by atoms with van der Waals surface area (Å²) in [4.78, 5) is 14.3. The molecular formula is C19H23N3O2. The molecule has 0 saturated heterocycles. The van der Waals surface area contributed by atoms with Crippen LogP contribution in [0.2, 0.25) is 0 Å². The lowest BCUT2D eigenvalue weighted by molar-refractivity contribution is 0.252. The lowest BCUT2D eigenvalue weighted by Crippen LogP contribution is -2.32. The van der Waals surface area contributed by atoms with Gasteiger partial charge in [0.05, 0.1) is 7.11 Å². The predicted octanol–water partition coefficient (Wildman–Crippen LogP) is 3.27. The van der Waals surface area contributed by atoms with Crippen molar-refractivity contribution in [3.8, 4) is 5.75 Å². The molecule has 2 N–H and O–H groups in total. The number of carbonyl (C=O) groups is 1. The van der Waals surface area contributed by atoms with Crippen molar-refractivity contribution in [3.63, 3.8) is 0 Å². The van der Waals surface area contributed by atoms with Gasteiger partial charge in [0.2, 0.25) is 0 Å². The van der Waals surface area contributed by atoms with Gasteiger partial charge in [-0.3, -0.25) is 0 Å². The van der Waals surface area contributed by atoms with E-state index in [0.29, 0.717) is 6.54 Å². The number of amides is 2. The summed E-state index contributed by atoms with van der Waals surface area (Å²) >= 11 is 0. The zero-order chi connectivity index (χ0) is 16.8. The Morgan fingerprint density at radius 1 is 1.21 bits per heavy atom. The molecular weight excluding hydrogens is 302 g/mol. The van der Waals surface area contributed by atoms with Crippen LogP contribution in [0.4, 0.5) is 16.2 Å². The number of urea groups is 1. The maximum atomic E-state index is 11.9. The van der Waals surface area contributed by atoms with Crippen molar-refractivity contribution in [2.75, 3.05) is 37.0 Å². The van der Waals surface area contributed by atoms with Crippen LogP contribution in [0.25, 0.3) is 0 Å². The molecule has 0 aliphatic carbocycles. The predicted molar refractivity (Wildman–Crippen MR) is 97.0 cm³/mol. The number of rotatable bonds is 6. The number of nitrogens with zero attached hydrogens (tertiary/aromatic N) is 1. The van der Waals surface area contributed by atoms with Crippen LogP contribution in [-0.4, -0.2) is 32.8 Å². The third-order valence-corrected chi connectivity index (χ3v) is 4.20. The zero-order valence-corrected chi connectivity index (χ0v) is 13.9. The summed E-state index contributed by atoms with van der Waals surface area (Å²) in [6.45, 7) is 2.67. The molecule has 0 bridgehead atoms. The fourth-order valence-electron chi connectivity index (χ4n) is 2.99. The molecule has 0 unspecified atom stereocenters. The Kier molecular flexibility index (Phi) is 5.21. The van der Waals surface area contributed by atoms with E-state index >= 15 is 0 Å². The molecule has 2 amide bonds. The SMILES string of the molecule is COc1cccc(NC(=O)NCCCN2CCc3ccccc32)c1. The fraction of sp³-hybridized carbons (Fsp3) is 0.316. The molecule has 2 aromatic carbocycles. The summed E-state index contributed by atoms with van der Waals surface area (Å²) in [5.74, 6) is 0.723. The van der Waals surface area contributed by atoms with Crippen LogP contribution in [0.3, 0.4) is 0 Å². The van der Waals surface area contributed by atoms with Crippen molar-refractivity contribution in [3.05, 3.63) is 54.1 Å². The number of hydrogen-bond donors (Lipinski definition) is 2. The number of nitrogens with one attached hydrogen (secondary N) is 2. The monoisotopic (exact) mass is 325 g/mol. The first kappa shape index (κ1) is 16.2. The number of anilines is 2. The number of para-hydroxylation sites is 1. The van der Waals surface area contributed by atoms with E-state index in [1.807, 2.05) is 18.2 Å². The Labute approximate surface area is 142 Å². The molecule has 3 rings (SSSR count). The second-order valence-corrected chi connectivity index (χ2v) is 5.83. The number of ether oxygens (including phenoxy) is 1. The van der Waals surface area contributed by atoms with Crippen molar-refractivity contribution >= 4 is 17.4 Å². The van der Waals surface area contributed by atoms with Crippen molar-refractivity contribution in [2.24, 2.45) is 0 Å². The molecule has 1 heterocycles. The fourth-order valence-corrected chi connectivity index (χ4v) is 2.99. The Bertz CT molecular complexity index is 703. The quantitative estimate of drug-likeness (QED) is 0.802. The van der Waals surface area contributed by atoms with Gasteiger partial charge in [-0.1, -0.05) is 24.3 Å². The third kappa shape index (κ3) is 3.98. The molecule has 0 spiro atoms. The van der Waals surface area contributed by atoms with Crippen LogP contribution in [0.1, 0.15) is 12.0 Å². The maximum absolute atomic E-state index is 11.9. The van der Waals surface area contributed by atoms with E-state index in [1.165, 1.54) is 11.3 Å². The standard InChI is InChI=1S/C19H23N3O2/c1-24-17-8-4-7-16(14-17)21-19(23)20-11-5-12-22-13-10-15-6-2-3-9-18(15)22/h2-4,6-9,14H,5,10-13H2,1H3,(H2,20,21,23). The summed E-state index contributed by atoms with van der Waals surface area (Å²) in [6.07, 6.45) is 2.03. The van der Waals surface area contributed by atoms with E-state index in [-0.39, 0.29) is 6.03 Å². The molecule has 24 heavy (non-hydrogen) atoms.